The molecule has 3 aromatic rings. The fourth-order valence-electron chi connectivity index (χ4n) is 2.33. The van der Waals surface area contributed by atoms with Crippen molar-refractivity contribution < 1.29 is 9.32 Å². The van der Waals surface area contributed by atoms with Crippen LogP contribution >= 0.6 is 12.0 Å². The highest BCUT2D eigenvalue weighted by molar-refractivity contribution is 7.94. The van der Waals surface area contributed by atoms with Gasteiger partial charge in [-0.2, -0.15) is 11.0 Å². The summed E-state index contributed by atoms with van der Waals surface area (Å²) in [6, 6.07) is 18.3. The second kappa shape index (κ2) is 6.97. The van der Waals surface area contributed by atoms with Crippen LogP contribution in [-0.2, 0) is 9.32 Å². The number of nitrogens with two attached hydrogens (primary N) is 1. The molecule has 2 aromatic carbocycles. The molecule has 0 unspecified atom stereocenters. The predicted molar refractivity (Wildman–Crippen MR) is 90.7 cm³/mol. The van der Waals surface area contributed by atoms with Gasteiger partial charge in [0.1, 0.15) is 0 Å². The van der Waals surface area contributed by atoms with Crippen LogP contribution in [0.1, 0.15) is 11.3 Å². The highest BCUT2D eigenvalue weighted by Gasteiger charge is 2.10. The highest BCUT2D eigenvalue weighted by Crippen LogP contribution is 2.26. The zero-order valence-electron chi connectivity index (χ0n) is 12.9. The Kier molecular flexibility index (Phi) is 4.78. The lowest BCUT2D eigenvalue weighted by Crippen LogP contribution is -1.99. The normalized spacial score (nSPS) is 10.9. The van der Waals surface area contributed by atoms with Crippen LogP contribution in [0, 0.1) is 13.8 Å². The molecule has 0 aliphatic heterocycles. The Balaban J connectivity index is 1.95. The van der Waals surface area contributed by atoms with Gasteiger partial charge in [0.25, 0.3) is 0 Å². The number of aromatic nitrogens is 2. The monoisotopic (exact) mass is 327 g/mol. The van der Waals surface area contributed by atoms with E-state index in [1.54, 1.807) is 0 Å². The Morgan fingerprint density at radius 2 is 1.70 bits per heavy atom. The van der Waals surface area contributed by atoms with E-state index in [1.165, 1.54) is 5.56 Å². The number of aryl methyl sites for hydroxylation is 2. The Morgan fingerprint density at radius 1 is 1.00 bits per heavy atom. The predicted octanol–water partition coefficient (Wildman–Crippen LogP) is 3.99. The third-order valence-electron chi connectivity index (χ3n) is 3.43. The summed E-state index contributed by atoms with van der Waals surface area (Å²) < 4.78 is 6.58. The quantitative estimate of drug-likeness (QED) is 0.436. The fourth-order valence-corrected chi connectivity index (χ4v) is 2.69. The molecular weight excluding hydrogens is 310 g/mol. The molecular formula is C17H17N3O2S. The molecule has 2 N–H and O–H groups in total. The number of hydrogen-bond donors (Lipinski definition) is 1. The van der Waals surface area contributed by atoms with Gasteiger partial charge in [0, 0.05) is 10.5 Å². The molecule has 0 aliphatic rings. The summed E-state index contributed by atoms with van der Waals surface area (Å²) in [5.41, 5.74) is 5.38. The summed E-state index contributed by atoms with van der Waals surface area (Å²) in [5.74, 6) is 4.84. The molecule has 23 heavy (non-hydrogen) atoms. The van der Waals surface area contributed by atoms with E-state index in [0.717, 1.165) is 39.6 Å². The van der Waals surface area contributed by atoms with Crippen molar-refractivity contribution in [2.45, 2.75) is 18.7 Å². The maximum atomic E-state index is 4.84. The van der Waals surface area contributed by atoms with Crippen LogP contribution in [0.4, 0.5) is 0 Å². The first-order valence-electron chi connectivity index (χ1n) is 7.11. The molecule has 0 bridgehead atoms. The van der Waals surface area contributed by atoms with Crippen molar-refractivity contribution in [3.63, 3.8) is 0 Å². The molecule has 118 valence electrons. The summed E-state index contributed by atoms with van der Waals surface area (Å²) in [7, 11) is 0. The minimum atomic E-state index is 0.889. The molecule has 3 rings (SSSR count). The molecule has 0 amide bonds. The molecule has 1 aromatic heterocycles. The molecule has 0 fully saturated rings. The average molecular weight is 327 g/mol. The molecule has 0 aliphatic carbocycles. The van der Waals surface area contributed by atoms with Crippen LogP contribution in [-0.4, -0.2) is 9.78 Å². The van der Waals surface area contributed by atoms with E-state index in [1.807, 2.05) is 35.9 Å². The molecule has 5 nitrogen and oxygen atoms in total. The SMILES string of the molecule is Cc1ccc(-c2cc(C)nn2-c2ccc(SOON)cc2)cc1. The van der Waals surface area contributed by atoms with Crippen molar-refractivity contribution in [3.05, 3.63) is 65.9 Å². The van der Waals surface area contributed by atoms with Crippen LogP contribution in [0.15, 0.2) is 59.5 Å². The van der Waals surface area contributed by atoms with Crippen molar-refractivity contribution in [1.29, 1.82) is 0 Å². The van der Waals surface area contributed by atoms with Gasteiger partial charge in [-0.05, 0) is 44.2 Å². The zero-order valence-corrected chi connectivity index (χ0v) is 13.7. The van der Waals surface area contributed by atoms with Gasteiger partial charge < -0.3 is 0 Å². The van der Waals surface area contributed by atoms with Crippen LogP contribution in [0.5, 0.6) is 0 Å². The van der Waals surface area contributed by atoms with Crippen molar-refractivity contribution >= 4 is 12.0 Å². The standard InChI is InChI=1S/C17H17N3O2S/c1-12-3-5-14(6-4-12)17-11-13(2)19-20(17)15-7-9-16(10-8-15)23-22-21-18/h3-11H,18H2,1-2H3. The van der Waals surface area contributed by atoms with E-state index in [2.05, 4.69) is 51.7 Å². The minimum Gasteiger partial charge on any atom is -0.233 e. The van der Waals surface area contributed by atoms with E-state index >= 15 is 0 Å². The van der Waals surface area contributed by atoms with Crippen LogP contribution in [0.25, 0.3) is 16.9 Å². The first-order valence-corrected chi connectivity index (χ1v) is 7.86. The van der Waals surface area contributed by atoms with Crippen molar-refractivity contribution in [2.75, 3.05) is 0 Å². The maximum Gasteiger partial charge on any atom is 0.0743 e. The molecule has 6 heteroatoms. The van der Waals surface area contributed by atoms with Gasteiger partial charge in [-0.1, -0.05) is 29.8 Å². The average Bonchev–Trinajstić information content (AvgIpc) is 2.96. The Labute approximate surface area is 139 Å². The van der Waals surface area contributed by atoms with E-state index in [9.17, 15) is 0 Å². The topological polar surface area (TPSA) is 62.3 Å². The van der Waals surface area contributed by atoms with Gasteiger partial charge in [0.2, 0.25) is 0 Å². The molecule has 0 saturated carbocycles. The van der Waals surface area contributed by atoms with Crippen molar-refractivity contribution in [1.82, 2.24) is 9.78 Å². The Bertz CT molecular complexity index is 783. The largest absolute Gasteiger partial charge is 0.233 e. The Hall–Kier alpha value is -2.12. The van der Waals surface area contributed by atoms with E-state index in [-0.39, 0.29) is 0 Å². The minimum absolute atomic E-state index is 0.889. The lowest BCUT2D eigenvalue weighted by Gasteiger charge is -2.08. The second-order valence-corrected chi connectivity index (χ2v) is 5.96. The first kappa shape index (κ1) is 15.8. The van der Waals surface area contributed by atoms with Gasteiger partial charge in [0.05, 0.1) is 29.1 Å². The number of hydrogen-bond acceptors (Lipinski definition) is 5. The van der Waals surface area contributed by atoms with Crippen LogP contribution in [0.2, 0.25) is 0 Å². The van der Waals surface area contributed by atoms with Crippen LogP contribution < -0.4 is 5.90 Å². The van der Waals surface area contributed by atoms with Crippen molar-refractivity contribution in [3.8, 4) is 16.9 Å². The highest BCUT2D eigenvalue weighted by atomic mass is 32.2. The smallest absolute Gasteiger partial charge is 0.0743 e. The third-order valence-corrected chi connectivity index (χ3v) is 4.04. The molecule has 0 radical (unpaired) electrons. The van der Waals surface area contributed by atoms with Crippen molar-refractivity contribution in [2.24, 2.45) is 5.90 Å². The van der Waals surface area contributed by atoms with Gasteiger partial charge in [0.15, 0.2) is 0 Å². The summed E-state index contributed by atoms with van der Waals surface area (Å²) in [5, 5.41) is 4.61. The van der Waals surface area contributed by atoms with Gasteiger partial charge in [-0.15, -0.1) is 9.32 Å². The molecule has 0 saturated heterocycles. The van der Waals surface area contributed by atoms with Gasteiger partial charge >= 0.3 is 0 Å². The van der Waals surface area contributed by atoms with E-state index < -0.39 is 0 Å². The van der Waals surface area contributed by atoms with E-state index in [4.69, 9.17) is 5.90 Å². The molecule has 1 heterocycles. The van der Waals surface area contributed by atoms with Gasteiger partial charge in [-0.3, -0.25) is 0 Å². The summed E-state index contributed by atoms with van der Waals surface area (Å²) >= 11 is 1.05. The fraction of sp³-hybridized carbons (Fsp3) is 0.118. The van der Waals surface area contributed by atoms with Gasteiger partial charge in [-0.25, -0.2) is 4.68 Å². The van der Waals surface area contributed by atoms with Crippen LogP contribution in [0.3, 0.4) is 0 Å². The lowest BCUT2D eigenvalue weighted by atomic mass is 10.1. The second-order valence-electron chi connectivity index (χ2n) is 5.19. The Morgan fingerprint density at radius 3 is 2.35 bits per heavy atom. The number of nitrogens with zero attached hydrogens (tertiary/aromatic N) is 2. The molecule has 0 spiro atoms. The third kappa shape index (κ3) is 3.62. The first-order chi connectivity index (χ1) is 11.2. The zero-order chi connectivity index (χ0) is 16.2. The molecule has 0 atom stereocenters. The summed E-state index contributed by atoms with van der Waals surface area (Å²) in [6.07, 6.45) is 0. The summed E-state index contributed by atoms with van der Waals surface area (Å²) in [6.45, 7) is 4.07. The van der Waals surface area contributed by atoms with E-state index in [0.29, 0.717) is 0 Å². The number of rotatable bonds is 5. The number of benzene rings is 2. The maximum absolute atomic E-state index is 4.84. The summed E-state index contributed by atoms with van der Waals surface area (Å²) in [4.78, 5) is 4.98. The lowest BCUT2D eigenvalue weighted by molar-refractivity contribution is -0.195.